The maximum atomic E-state index is 10.3. The number of hydrogen-bond donors (Lipinski definition) is 4. The van der Waals surface area contributed by atoms with Crippen molar-refractivity contribution in [2.24, 2.45) is 0 Å². The van der Waals surface area contributed by atoms with Crippen LogP contribution in [0.25, 0.3) is 0 Å². The summed E-state index contributed by atoms with van der Waals surface area (Å²) >= 11 is 0. The van der Waals surface area contributed by atoms with E-state index in [2.05, 4.69) is 0 Å². The van der Waals surface area contributed by atoms with Crippen molar-refractivity contribution >= 4 is 20.4 Å². The molecule has 0 unspecified atom stereocenters. The van der Waals surface area contributed by atoms with Crippen LogP contribution in [0.4, 0.5) is 0 Å². The van der Waals surface area contributed by atoms with E-state index in [9.17, 15) is 14.7 Å². The van der Waals surface area contributed by atoms with E-state index in [-0.39, 0.29) is 37.2 Å². The molecule has 0 heterocycles. The summed E-state index contributed by atoms with van der Waals surface area (Å²) in [5, 5.41) is 36.3. The summed E-state index contributed by atoms with van der Waals surface area (Å²) in [6, 6.07) is 11.5. The van der Waals surface area contributed by atoms with Crippen molar-refractivity contribution < 1.29 is 30.0 Å². The zero-order chi connectivity index (χ0) is 15.1. The average molecular weight is 303 g/mol. The Bertz CT molecular complexity index is 577. The van der Waals surface area contributed by atoms with Gasteiger partial charge in [0.25, 0.3) is 0 Å². The number of aromatic hydroxyl groups is 2. The van der Waals surface area contributed by atoms with Gasteiger partial charge in [-0.05, 0) is 24.3 Å². The normalized spacial score (nSPS) is 8.36. The van der Waals surface area contributed by atoms with Crippen LogP contribution in [0.15, 0.2) is 48.5 Å². The van der Waals surface area contributed by atoms with E-state index >= 15 is 0 Å². The first-order valence-corrected chi connectivity index (χ1v) is 5.44. The zero-order valence-electron chi connectivity index (χ0n) is 11.5. The molecule has 6 N–H and O–H groups in total. The summed E-state index contributed by atoms with van der Waals surface area (Å²) in [4.78, 5) is 20.4. The van der Waals surface area contributed by atoms with Crippen LogP contribution in [-0.4, -0.2) is 35.7 Å². The van der Waals surface area contributed by atoms with Crippen molar-refractivity contribution in [1.82, 2.24) is 6.15 Å². The number of para-hydroxylation sites is 2. The summed E-state index contributed by atoms with van der Waals surface area (Å²) < 4.78 is 0. The Balaban J connectivity index is 0. The van der Waals surface area contributed by atoms with Gasteiger partial charge in [-0.25, -0.2) is 4.79 Å². The second kappa shape index (κ2) is 9.84. The number of rotatable bonds is 2. The van der Waals surface area contributed by atoms with Crippen LogP contribution >= 0.6 is 0 Å². The summed E-state index contributed by atoms with van der Waals surface area (Å²) in [5.74, 6) is -2.94. The third kappa shape index (κ3) is 5.97. The molecule has 2 aromatic rings. The summed E-state index contributed by atoms with van der Waals surface area (Å²) in [7, 11) is 0. The second-order valence-electron chi connectivity index (χ2n) is 3.63. The minimum atomic E-state index is -1.36. The minimum Gasteiger partial charge on any atom is -0.545 e. The maximum Gasteiger partial charge on any atom is 1.00 e. The van der Waals surface area contributed by atoms with Crippen LogP contribution in [0.5, 0.6) is 11.5 Å². The number of carboxylic acid groups (broad SMARTS) is 2. The van der Waals surface area contributed by atoms with Gasteiger partial charge in [-0.15, -0.1) is 0 Å². The van der Waals surface area contributed by atoms with E-state index in [0.717, 1.165) is 0 Å². The standard InChI is InChI=1S/2C7H6O3.B.H3N/c2*8-6-4-2-1-3-5(6)7(9)10;;/h2*1-4,8H,(H,9,10);;1H3/q;;+1;/p-1. The van der Waals surface area contributed by atoms with Crippen molar-refractivity contribution in [1.29, 1.82) is 0 Å². The Morgan fingerprint density at radius 2 is 1.18 bits per heavy atom. The van der Waals surface area contributed by atoms with Crippen LogP contribution in [0.3, 0.4) is 0 Å². The zero-order valence-corrected chi connectivity index (χ0v) is 11.5. The molecule has 0 aliphatic heterocycles. The van der Waals surface area contributed by atoms with Crippen molar-refractivity contribution in [3.63, 3.8) is 0 Å². The number of hydrogen-bond acceptors (Lipinski definition) is 6. The van der Waals surface area contributed by atoms with E-state index in [1.54, 1.807) is 18.2 Å². The van der Waals surface area contributed by atoms with Crippen molar-refractivity contribution in [2.75, 3.05) is 0 Å². The van der Waals surface area contributed by atoms with Crippen molar-refractivity contribution in [3.8, 4) is 11.5 Å². The molecule has 2 radical (unpaired) electrons. The Morgan fingerprint density at radius 1 is 0.818 bits per heavy atom. The predicted molar refractivity (Wildman–Crippen MR) is 78.3 cm³/mol. The van der Waals surface area contributed by atoms with Gasteiger partial charge in [0.1, 0.15) is 17.1 Å². The number of aromatic carboxylic acids is 2. The van der Waals surface area contributed by atoms with E-state index < -0.39 is 11.9 Å². The van der Waals surface area contributed by atoms with E-state index in [4.69, 9.17) is 15.3 Å². The number of carbonyl (C=O) groups excluding carboxylic acids is 1. The quantitative estimate of drug-likeness (QED) is 0.593. The Hall–Kier alpha value is -3.00. The number of benzene rings is 2. The molecule has 0 fully saturated rings. The van der Waals surface area contributed by atoms with Gasteiger partial charge < -0.3 is 31.4 Å². The molecule has 0 aliphatic carbocycles. The molecule has 0 amide bonds. The second-order valence-corrected chi connectivity index (χ2v) is 3.63. The Kier molecular flexibility index (Phi) is 9.53. The molecule has 2 aromatic carbocycles. The maximum absolute atomic E-state index is 10.3. The predicted octanol–water partition coefficient (Wildman–Crippen LogP) is 0.627. The molecule has 8 heteroatoms. The van der Waals surface area contributed by atoms with Crippen LogP contribution in [0.1, 0.15) is 20.7 Å². The smallest absolute Gasteiger partial charge is 0.545 e. The first-order valence-electron chi connectivity index (χ1n) is 5.44. The molecule has 0 aromatic heterocycles. The summed E-state index contributed by atoms with van der Waals surface area (Å²) in [5.41, 5.74) is -0.245. The van der Waals surface area contributed by atoms with Gasteiger partial charge in [-0.3, -0.25) is 0 Å². The third-order valence-corrected chi connectivity index (χ3v) is 2.26. The topological polar surface area (TPSA) is 153 Å². The van der Waals surface area contributed by atoms with Gasteiger partial charge in [-0.2, -0.15) is 0 Å². The number of phenols is 2. The largest absolute Gasteiger partial charge is 1.00 e. The SMILES string of the molecule is N.O=C(O)c1ccccc1O.O=C([O-])c1ccccc1O.[B+]. The molecule has 0 saturated carbocycles. The van der Waals surface area contributed by atoms with Crippen LogP contribution in [0, 0.1) is 0 Å². The molecule has 0 spiro atoms. The van der Waals surface area contributed by atoms with E-state index in [1.165, 1.54) is 30.3 Å². The fraction of sp³-hybridized carbons (Fsp3) is 0. The molecule has 2 rings (SSSR count). The van der Waals surface area contributed by atoms with Gasteiger partial charge in [-0.1, -0.05) is 24.3 Å². The first-order chi connectivity index (χ1) is 9.43. The van der Waals surface area contributed by atoms with Crippen LogP contribution in [-0.2, 0) is 0 Å². The molecule has 0 saturated heterocycles. The van der Waals surface area contributed by atoms with Crippen LogP contribution < -0.4 is 11.3 Å². The minimum absolute atomic E-state index is 0. The van der Waals surface area contributed by atoms with Gasteiger partial charge in [0.2, 0.25) is 0 Å². The van der Waals surface area contributed by atoms with Gasteiger partial charge in [0.05, 0.1) is 5.97 Å². The molecular formula is C14H14BNO6. The number of carbonyl (C=O) groups is 2. The molecule has 7 nitrogen and oxygen atoms in total. The third-order valence-electron chi connectivity index (χ3n) is 2.26. The number of carboxylic acids is 2. The fourth-order valence-electron chi connectivity index (χ4n) is 1.30. The Morgan fingerprint density at radius 3 is 1.41 bits per heavy atom. The molecular weight excluding hydrogens is 289 g/mol. The molecule has 114 valence electrons. The van der Waals surface area contributed by atoms with Gasteiger partial charge in [0.15, 0.2) is 0 Å². The Labute approximate surface area is 128 Å². The first kappa shape index (κ1) is 21.3. The monoisotopic (exact) mass is 303 g/mol. The van der Waals surface area contributed by atoms with Gasteiger partial charge >= 0.3 is 14.4 Å². The molecule has 0 aliphatic rings. The van der Waals surface area contributed by atoms with Gasteiger partial charge in [0, 0.05) is 5.56 Å². The van der Waals surface area contributed by atoms with Crippen LogP contribution in [0.2, 0.25) is 0 Å². The van der Waals surface area contributed by atoms with Crippen molar-refractivity contribution in [2.45, 2.75) is 0 Å². The van der Waals surface area contributed by atoms with E-state index in [1.807, 2.05) is 0 Å². The summed E-state index contributed by atoms with van der Waals surface area (Å²) in [6.45, 7) is 0. The molecule has 0 bridgehead atoms. The molecule has 22 heavy (non-hydrogen) atoms. The molecule has 0 atom stereocenters. The summed E-state index contributed by atoms with van der Waals surface area (Å²) in [6.07, 6.45) is 0. The van der Waals surface area contributed by atoms with Crippen molar-refractivity contribution in [3.05, 3.63) is 59.7 Å². The van der Waals surface area contributed by atoms with E-state index in [0.29, 0.717) is 0 Å². The average Bonchev–Trinajstić information content (AvgIpc) is 2.40. The fourth-order valence-corrected chi connectivity index (χ4v) is 1.30.